The summed E-state index contributed by atoms with van der Waals surface area (Å²) in [4.78, 5) is 2.58. The van der Waals surface area contributed by atoms with Crippen LogP contribution in [-0.2, 0) is 13.2 Å². The fraction of sp³-hybridized carbons (Fsp3) is 0.333. The van der Waals surface area contributed by atoms with Crippen molar-refractivity contribution in [1.29, 1.82) is 0 Å². The van der Waals surface area contributed by atoms with Crippen LogP contribution in [0.3, 0.4) is 0 Å². The zero-order valence-corrected chi connectivity index (χ0v) is 15.7. The zero-order valence-electron chi connectivity index (χ0n) is 11.8. The van der Waals surface area contributed by atoms with E-state index < -0.39 is 0 Å². The summed E-state index contributed by atoms with van der Waals surface area (Å²) in [5, 5.41) is 4.46. The van der Waals surface area contributed by atoms with Gasteiger partial charge in [-0.05, 0) is 41.5 Å². The molecule has 0 amide bonds. The van der Waals surface area contributed by atoms with E-state index >= 15 is 0 Å². The number of nitrogens with one attached hydrogen (secondary N) is 1. The quantitative estimate of drug-likeness (QED) is 0.608. The first-order valence-corrected chi connectivity index (χ1v) is 8.94. The van der Waals surface area contributed by atoms with Gasteiger partial charge in [0.15, 0.2) is 0 Å². The standard InChI is InChI=1S/C15H16BrCl2NOS/c1-3-19-7-11-4-10(9(2)21-11)8-20-15-6-13(17)12(16)5-14(15)18/h4-6,19H,3,7-8H2,1-2H3. The molecule has 1 aromatic heterocycles. The molecule has 0 saturated heterocycles. The minimum atomic E-state index is 0.492. The van der Waals surface area contributed by atoms with Gasteiger partial charge in [-0.15, -0.1) is 11.3 Å². The van der Waals surface area contributed by atoms with E-state index in [-0.39, 0.29) is 0 Å². The van der Waals surface area contributed by atoms with Crippen molar-refractivity contribution in [2.45, 2.75) is 27.0 Å². The Morgan fingerprint density at radius 2 is 2.00 bits per heavy atom. The molecule has 0 fully saturated rings. The van der Waals surface area contributed by atoms with Crippen LogP contribution in [0, 0.1) is 6.92 Å². The molecule has 0 aliphatic rings. The maximum atomic E-state index is 6.16. The molecule has 2 nitrogen and oxygen atoms in total. The average Bonchev–Trinajstić information content (AvgIpc) is 2.79. The predicted octanol–water partition coefficient (Wildman–Crippen LogP) is 5.81. The molecular formula is C15H16BrCl2NOS. The number of thiophene rings is 1. The van der Waals surface area contributed by atoms with E-state index in [0.717, 1.165) is 17.6 Å². The van der Waals surface area contributed by atoms with Crippen LogP contribution in [0.25, 0.3) is 0 Å². The summed E-state index contributed by atoms with van der Waals surface area (Å²) in [5.41, 5.74) is 1.18. The van der Waals surface area contributed by atoms with E-state index in [9.17, 15) is 0 Å². The van der Waals surface area contributed by atoms with Crippen molar-refractivity contribution < 1.29 is 4.74 Å². The van der Waals surface area contributed by atoms with Gasteiger partial charge in [-0.25, -0.2) is 0 Å². The molecule has 1 heterocycles. The molecule has 0 unspecified atom stereocenters. The predicted molar refractivity (Wildman–Crippen MR) is 94.9 cm³/mol. The normalized spacial score (nSPS) is 10.9. The van der Waals surface area contributed by atoms with Gasteiger partial charge in [-0.3, -0.25) is 0 Å². The van der Waals surface area contributed by atoms with Gasteiger partial charge in [0, 0.05) is 32.4 Å². The van der Waals surface area contributed by atoms with Crippen molar-refractivity contribution in [2.75, 3.05) is 6.54 Å². The molecule has 1 N–H and O–H groups in total. The van der Waals surface area contributed by atoms with Crippen molar-refractivity contribution in [1.82, 2.24) is 5.32 Å². The zero-order chi connectivity index (χ0) is 15.4. The lowest BCUT2D eigenvalue weighted by Crippen LogP contribution is -2.10. The van der Waals surface area contributed by atoms with Gasteiger partial charge in [-0.2, -0.15) is 0 Å². The fourth-order valence-electron chi connectivity index (χ4n) is 1.84. The maximum Gasteiger partial charge on any atom is 0.139 e. The second-order valence-electron chi connectivity index (χ2n) is 4.56. The van der Waals surface area contributed by atoms with Crippen LogP contribution in [0.4, 0.5) is 0 Å². The maximum absolute atomic E-state index is 6.16. The molecule has 1 aromatic carbocycles. The van der Waals surface area contributed by atoms with Crippen molar-refractivity contribution >= 4 is 50.5 Å². The van der Waals surface area contributed by atoms with Gasteiger partial charge in [0.2, 0.25) is 0 Å². The van der Waals surface area contributed by atoms with Crippen LogP contribution in [-0.4, -0.2) is 6.54 Å². The third kappa shape index (κ3) is 4.60. The third-order valence-electron chi connectivity index (χ3n) is 2.98. The van der Waals surface area contributed by atoms with Crippen molar-refractivity contribution in [3.63, 3.8) is 0 Å². The fourth-order valence-corrected chi connectivity index (χ4v) is 3.70. The SMILES string of the molecule is CCNCc1cc(COc2cc(Cl)c(Br)cc2Cl)c(C)s1. The molecule has 0 atom stereocenters. The first-order chi connectivity index (χ1) is 10.0. The van der Waals surface area contributed by atoms with Gasteiger partial charge in [-0.1, -0.05) is 30.1 Å². The summed E-state index contributed by atoms with van der Waals surface area (Å²) in [6.45, 7) is 6.56. The Morgan fingerprint density at radius 1 is 1.24 bits per heavy atom. The Balaban J connectivity index is 2.06. The number of halogens is 3. The Hall–Kier alpha value is -0.260. The molecule has 6 heteroatoms. The number of ether oxygens (including phenoxy) is 1. The topological polar surface area (TPSA) is 21.3 Å². The Kier molecular flexibility index (Phi) is 6.38. The second-order valence-corrected chi connectivity index (χ2v) is 7.57. The van der Waals surface area contributed by atoms with E-state index in [4.69, 9.17) is 27.9 Å². The molecule has 0 radical (unpaired) electrons. The van der Waals surface area contributed by atoms with Gasteiger partial charge in [0.25, 0.3) is 0 Å². The monoisotopic (exact) mass is 407 g/mol. The van der Waals surface area contributed by atoms with E-state index in [0.29, 0.717) is 22.4 Å². The molecule has 114 valence electrons. The summed E-state index contributed by atoms with van der Waals surface area (Å²) in [5.74, 6) is 0.601. The molecule has 2 rings (SSSR count). The van der Waals surface area contributed by atoms with Crippen LogP contribution in [0.5, 0.6) is 5.75 Å². The van der Waals surface area contributed by atoms with Crippen LogP contribution in [0.1, 0.15) is 22.2 Å². The van der Waals surface area contributed by atoms with Crippen LogP contribution < -0.4 is 10.1 Å². The first-order valence-electron chi connectivity index (χ1n) is 6.57. The second kappa shape index (κ2) is 7.84. The highest BCUT2D eigenvalue weighted by atomic mass is 79.9. The third-order valence-corrected chi connectivity index (χ3v) is 5.56. The van der Waals surface area contributed by atoms with E-state index in [1.807, 2.05) is 0 Å². The van der Waals surface area contributed by atoms with Crippen molar-refractivity contribution in [3.05, 3.63) is 48.0 Å². The summed E-state index contributed by atoms with van der Waals surface area (Å²) < 4.78 is 6.57. The van der Waals surface area contributed by atoms with Crippen LogP contribution >= 0.6 is 50.5 Å². The summed E-state index contributed by atoms with van der Waals surface area (Å²) in [6.07, 6.45) is 0. The molecule has 0 saturated carbocycles. The van der Waals surface area contributed by atoms with Crippen molar-refractivity contribution in [2.24, 2.45) is 0 Å². The van der Waals surface area contributed by atoms with Gasteiger partial charge < -0.3 is 10.1 Å². The van der Waals surface area contributed by atoms with Gasteiger partial charge in [0.1, 0.15) is 12.4 Å². The molecular weight excluding hydrogens is 393 g/mol. The smallest absolute Gasteiger partial charge is 0.139 e. The summed E-state index contributed by atoms with van der Waals surface area (Å²) >= 11 is 17.4. The Bertz CT molecular complexity index is 630. The molecule has 0 aliphatic carbocycles. The number of benzene rings is 1. The lowest BCUT2D eigenvalue weighted by atomic mass is 10.2. The average molecular weight is 409 g/mol. The number of hydrogen-bond donors (Lipinski definition) is 1. The number of aryl methyl sites for hydroxylation is 1. The van der Waals surface area contributed by atoms with E-state index in [1.54, 1.807) is 23.5 Å². The van der Waals surface area contributed by atoms with Gasteiger partial charge in [0.05, 0.1) is 10.0 Å². The largest absolute Gasteiger partial charge is 0.487 e. The lowest BCUT2D eigenvalue weighted by molar-refractivity contribution is 0.306. The lowest BCUT2D eigenvalue weighted by Gasteiger charge is -2.09. The molecule has 0 spiro atoms. The van der Waals surface area contributed by atoms with E-state index in [2.05, 4.69) is 41.2 Å². The minimum absolute atomic E-state index is 0.492. The van der Waals surface area contributed by atoms with Gasteiger partial charge >= 0.3 is 0 Å². The highest BCUT2D eigenvalue weighted by Crippen LogP contribution is 2.35. The number of hydrogen-bond acceptors (Lipinski definition) is 3. The summed E-state index contributed by atoms with van der Waals surface area (Å²) in [7, 11) is 0. The minimum Gasteiger partial charge on any atom is -0.487 e. The Labute approximate surface area is 147 Å². The van der Waals surface area contributed by atoms with E-state index in [1.165, 1.54) is 15.3 Å². The Morgan fingerprint density at radius 3 is 2.71 bits per heavy atom. The van der Waals surface area contributed by atoms with Crippen LogP contribution in [0.15, 0.2) is 22.7 Å². The summed E-state index contributed by atoms with van der Waals surface area (Å²) in [6, 6.07) is 5.66. The molecule has 2 aromatic rings. The highest BCUT2D eigenvalue weighted by Gasteiger charge is 2.10. The van der Waals surface area contributed by atoms with Crippen molar-refractivity contribution in [3.8, 4) is 5.75 Å². The number of rotatable bonds is 6. The molecule has 0 aliphatic heterocycles. The van der Waals surface area contributed by atoms with Crippen LogP contribution in [0.2, 0.25) is 10.0 Å². The first kappa shape index (κ1) is 17.1. The molecule has 21 heavy (non-hydrogen) atoms. The highest BCUT2D eigenvalue weighted by molar-refractivity contribution is 9.10. The molecule has 0 bridgehead atoms.